The van der Waals surface area contributed by atoms with Gasteiger partial charge in [-0.2, -0.15) is 5.10 Å². The minimum absolute atomic E-state index is 0.145. The molecule has 0 unspecified atom stereocenters. The molecule has 2 N–H and O–H groups in total. The van der Waals surface area contributed by atoms with E-state index in [1.165, 1.54) is 0 Å². The quantitative estimate of drug-likeness (QED) is 0.352. The number of nitrogens with zero attached hydrogens (tertiary/aromatic N) is 1. The van der Waals surface area contributed by atoms with Gasteiger partial charge in [-0.05, 0) is 48.7 Å². The van der Waals surface area contributed by atoms with Crippen LogP contribution in [0.15, 0.2) is 48.7 Å². The fraction of sp³-hybridized carbons (Fsp3) is 0.333. The largest absolute Gasteiger partial charge is 0.507 e. The molecule has 0 aliphatic heterocycles. The molecule has 164 valence electrons. The van der Waals surface area contributed by atoms with Crippen LogP contribution in [0.3, 0.4) is 0 Å². The average molecular weight is 424 g/mol. The van der Waals surface area contributed by atoms with E-state index in [1.54, 1.807) is 19.2 Å². The third-order valence-corrected chi connectivity index (χ3v) is 4.72. The summed E-state index contributed by atoms with van der Waals surface area (Å²) in [4.78, 5) is 11.6. The number of benzene rings is 2. The topological polar surface area (TPSA) is 93.7 Å². The van der Waals surface area contributed by atoms with E-state index in [2.05, 4.69) is 10.2 Å². The SMILES string of the molecule is CCOC(=O)Cc1cccc(OCCCOc2cc(O)c(-c3ccn[nH]3)cc2CC)c1. The van der Waals surface area contributed by atoms with E-state index in [4.69, 9.17) is 14.2 Å². The van der Waals surface area contributed by atoms with Crippen molar-refractivity contribution in [2.75, 3.05) is 19.8 Å². The number of ether oxygens (including phenoxy) is 3. The Hall–Kier alpha value is -3.48. The number of H-pyrrole nitrogens is 1. The fourth-order valence-corrected chi connectivity index (χ4v) is 3.20. The van der Waals surface area contributed by atoms with Crippen molar-refractivity contribution >= 4 is 5.97 Å². The van der Waals surface area contributed by atoms with Gasteiger partial charge in [0.2, 0.25) is 0 Å². The lowest BCUT2D eigenvalue weighted by Gasteiger charge is -2.14. The molecular formula is C24H28N2O5. The van der Waals surface area contributed by atoms with Gasteiger partial charge < -0.3 is 19.3 Å². The summed E-state index contributed by atoms with van der Waals surface area (Å²) < 4.78 is 16.7. The molecule has 0 atom stereocenters. The molecule has 0 saturated carbocycles. The highest BCUT2D eigenvalue weighted by Crippen LogP contribution is 2.34. The van der Waals surface area contributed by atoms with Gasteiger partial charge in [0.05, 0.1) is 31.9 Å². The molecular weight excluding hydrogens is 396 g/mol. The number of nitrogens with one attached hydrogen (secondary N) is 1. The van der Waals surface area contributed by atoms with Crippen molar-refractivity contribution in [1.29, 1.82) is 0 Å². The summed E-state index contributed by atoms with van der Waals surface area (Å²) in [5.74, 6) is 1.27. The van der Waals surface area contributed by atoms with Crippen molar-refractivity contribution < 1.29 is 24.1 Å². The zero-order chi connectivity index (χ0) is 22.1. The predicted molar refractivity (Wildman–Crippen MR) is 117 cm³/mol. The highest BCUT2D eigenvalue weighted by molar-refractivity contribution is 5.72. The van der Waals surface area contributed by atoms with E-state index >= 15 is 0 Å². The third kappa shape index (κ3) is 6.25. The number of aromatic nitrogens is 2. The zero-order valence-corrected chi connectivity index (χ0v) is 17.9. The van der Waals surface area contributed by atoms with Crippen LogP contribution in [-0.2, 0) is 22.4 Å². The second-order valence-corrected chi connectivity index (χ2v) is 6.98. The second kappa shape index (κ2) is 11.1. The van der Waals surface area contributed by atoms with Crippen molar-refractivity contribution in [3.05, 3.63) is 59.8 Å². The first kappa shape index (κ1) is 22.2. The van der Waals surface area contributed by atoms with E-state index in [-0.39, 0.29) is 18.1 Å². The number of aromatic amines is 1. The molecule has 1 aromatic heterocycles. The molecule has 0 radical (unpaired) electrons. The Labute approximate surface area is 182 Å². The normalized spacial score (nSPS) is 10.6. The maximum atomic E-state index is 11.6. The number of phenols is 1. The lowest BCUT2D eigenvalue weighted by atomic mass is 10.0. The monoisotopic (exact) mass is 424 g/mol. The molecule has 7 heteroatoms. The second-order valence-electron chi connectivity index (χ2n) is 6.98. The summed E-state index contributed by atoms with van der Waals surface area (Å²) in [6, 6.07) is 12.8. The van der Waals surface area contributed by atoms with E-state index in [9.17, 15) is 9.90 Å². The van der Waals surface area contributed by atoms with Crippen molar-refractivity contribution in [1.82, 2.24) is 10.2 Å². The first-order chi connectivity index (χ1) is 15.1. The van der Waals surface area contributed by atoms with Crippen LogP contribution >= 0.6 is 0 Å². The number of phenolic OH excluding ortho intramolecular Hbond substituents is 1. The van der Waals surface area contributed by atoms with Gasteiger partial charge in [-0.15, -0.1) is 0 Å². The van der Waals surface area contributed by atoms with Crippen LogP contribution in [0.5, 0.6) is 17.2 Å². The lowest BCUT2D eigenvalue weighted by Crippen LogP contribution is -2.08. The molecule has 0 saturated heterocycles. The Morgan fingerprint density at radius 1 is 1.10 bits per heavy atom. The van der Waals surface area contributed by atoms with Gasteiger partial charge in [0.1, 0.15) is 17.2 Å². The summed E-state index contributed by atoms with van der Waals surface area (Å²) >= 11 is 0. The number of carbonyl (C=O) groups is 1. The molecule has 0 aliphatic rings. The van der Waals surface area contributed by atoms with Gasteiger partial charge in [-0.1, -0.05) is 19.1 Å². The average Bonchev–Trinajstić information content (AvgIpc) is 3.28. The Kier molecular flexibility index (Phi) is 7.92. The van der Waals surface area contributed by atoms with Crippen LogP contribution in [0.25, 0.3) is 11.3 Å². The molecule has 2 aromatic carbocycles. The van der Waals surface area contributed by atoms with Crippen molar-refractivity contribution in [3.8, 4) is 28.5 Å². The molecule has 0 bridgehead atoms. The summed E-state index contributed by atoms with van der Waals surface area (Å²) in [5.41, 5.74) is 3.33. The van der Waals surface area contributed by atoms with E-state index in [0.717, 1.165) is 23.2 Å². The fourth-order valence-electron chi connectivity index (χ4n) is 3.20. The van der Waals surface area contributed by atoms with Crippen molar-refractivity contribution in [2.24, 2.45) is 0 Å². The number of rotatable bonds is 11. The number of hydrogen-bond donors (Lipinski definition) is 2. The first-order valence-corrected chi connectivity index (χ1v) is 10.5. The van der Waals surface area contributed by atoms with Crippen molar-refractivity contribution in [3.63, 3.8) is 0 Å². The van der Waals surface area contributed by atoms with E-state index < -0.39 is 0 Å². The van der Waals surface area contributed by atoms with E-state index in [1.807, 2.05) is 43.3 Å². The third-order valence-electron chi connectivity index (χ3n) is 4.72. The molecule has 1 heterocycles. The maximum Gasteiger partial charge on any atom is 0.310 e. The van der Waals surface area contributed by atoms with Crippen molar-refractivity contribution in [2.45, 2.75) is 33.1 Å². The van der Waals surface area contributed by atoms with Gasteiger partial charge in [0.15, 0.2) is 0 Å². The number of esters is 1. The maximum absolute atomic E-state index is 11.6. The lowest BCUT2D eigenvalue weighted by molar-refractivity contribution is -0.142. The predicted octanol–water partition coefficient (Wildman–Crippen LogP) is 4.30. The van der Waals surface area contributed by atoms with Gasteiger partial charge in [0, 0.05) is 24.2 Å². The highest BCUT2D eigenvalue weighted by Gasteiger charge is 2.12. The van der Waals surface area contributed by atoms with Gasteiger partial charge >= 0.3 is 5.97 Å². The molecule has 31 heavy (non-hydrogen) atoms. The molecule has 3 aromatic rings. The zero-order valence-electron chi connectivity index (χ0n) is 17.9. The number of hydrogen-bond acceptors (Lipinski definition) is 6. The summed E-state index contributed by atoms with van der Waals surface area (Å²) in [5, 5.41) is 17.2. The molecule has 0 spiro atoms. The van der Waals surface area contributed by atoms with Crippen LogP contribution in [0.4, 0.5) is 0 Å². The number of aromatic hydroxyl groups is 1. The minimum atomic E-state index is -0.249. The van der Waals surface area contributed by atoms with Crippen LogP contribution in [-0.4, -0.2) is 41.1 Å². The Bertz CT molecular complexity index is 986. The van der Waals surface area contributed by atoms with Crippen LogP contribution in [0.1, 0.15) is 31.4 Å². The molecule has 0 fully saturated rings. The van der Waals surface area contributed by atoms with Gasteiger partial charge in [-0.25, -0.2) is 0 Å². The van der Waals surface area contributed by atoms with Crippen LogP contribution in [0.2, 0.25) is 0 Å². The first-order valence-electron chi connectivity index (χ1n) is 10.5. The van der Waals surface area contributed by atoms with Gasteiger partial charge in [0.25, 0.3) is 0 Å². The summed E-state index contributed by atoms with van der Waals surface area (Å²) in [6.45, 7) is 5.14. The van der Waals surface area contributed by atoms with Crippen LogP contribution < -0.4 is 9.47 Å². The standard InChI is InChI=1S/C24H28N2O5/c1-3-18-15-20(21-9-10-25-26-21)22(27)16-23(18)31-12-6-11-30-19-8-5-7-17(13-19)14-24(28)29-4-2/h5,7-10,13,15-16,27H,3-4,6,11-12,14H2,1-2H3,(H,25,26). The Morgan fingerprint density at radius 3 is 2.68 bits per heavy atom. The number of carbonyl (C=O) groups excluding carboxylic acids is 1. The van der Waals surface area contributed by atoms with E-state index in [0.29, 0.717) is 43.3 Å². The smallest absolute Gasteiger partial charge is 0.310 e. The van der Waals surface area contributed by atoms with Gasteiger partial charge in [-0.3, -0.25) is 9.89 Å². The molecule has 0 amide bonds. The number of aryl methyl sites for hydroxylation is 1. The Morgan fingerprint density at radius 2 is 1.94 bits per heavy atom. The Balaban J connectivity index is 1.50. The molecule has 0 aliphatic carbocycles. The minimum Gasteiger partial charge on any atom is -0.507 e. The van der Waals surface area contributed by atoms with Crippen LogP contribution in [0, 0.1) is 0 Å². The molecule has 7 nitrogen and oxygen atoms in total. The molecule has 3 rings (SSSR count). The highest BCUT2D eigenvalue weighted by atomic mass is 16.5. The summed E-state index contributed by atoms with van der Waals surface area (Å²) in [6.07, 6.45) is 3.33. The summed E-state index contributed by atoms with van der Waals surface area (Å²) in [7, 11) is 0.